The van der Waals surface area contributed by atoms with Gasteiger partial charge >= 0.3 is 0 Å². The second kappa shape index (κ2) is 11.4. The van der Waals surface area contributed by atoms with Gasteiger partial charge in [0.2, 0.25) is 5.43 Å². The summed E-state index contributed by atoms with van der Waals surface area (Å²) in [7, 11) is 1.72. The van der Waals surface area contributed by atoms with Gasteiger partial charge in [0.25, 0.3) is 5.91 Å². The SMILES string of the molecule is Cn1cc(-c2cc(F)c(NC(=O)c3cn(CC4CCOCC4)cc(-c4ccc(F)cc4)c3=O)c(F)c2)c2c(N)ncnc21. The first-order chi connectivity index (χ1) is 20.7. The average molecular weight is 589 g/mol. The number of nitrogens with zero attached hydrogens (tertiary/aromatic N) is 4. The molecule has 1 saturated heterocycles. The Bertz CT molecular complexity index is 1890. The Kier molecular flexibility index (Phi) is 7.45. The highest BCUT2D eigenvalue weighted by molar-refractivity contribution is 6.05. The normalized spacial score (nSPS) is 13.9. The topological polar surface area (TPSA) is 117 Å². The molecular weight excluding hydrogens is 561 g/mol. The van der Waals surface area contributed by atoms with Crippen LogP contribution in [0.25, 0.3) is 33.3 Å². The molecule has 2 aromatic carbocycles. The molecule has 0 radical (unpaired) electrons. The van der Waals surface area contributed by atoms with Crippen molar-refractivity contribution in [2.45, 2.75) is 19.4 Å². The number of carbonyl (C=O) groups excluding carboxylic acids is 1. The average Bonchev–Trinajstić information content (AvgIpc) is 3.34. The lowest BCUT2D eigenvalue weighted by atomic mass is 9.99. The van der Waals surface area contributed by atoms with Gasteiger partial charge in [-0.05, 0) is 54.2 Å². The van der Waals surface area contributed by atoms with Crippen LogP contribution >= 0.6 is 0 Å². The molecule has 3 aromatic heterocycles. The maximum atomic E-state index is 15.4. The van der Waals surface area contributed by atoms with Gasteiger partial charge in [-0.2, -0.15) is 0 Å². The molecule has 4 heterocycles. The van der Waals surface area contributed by atoms with E-state index in [4.69, 9.17) is 10.5 Å². The number of nitrogen functional groups attached to an aromatic ring is 1. The smallest absolute Gasteiger partial charge is 0.261 e. The number of aryl methyl sites for hydroxylation is 1. The quantitative estimate of drug-likeness (QED) is 0.284. The molecule has 6 rings (SSSR count). The summed E-state index contributed by atoms with van der Waals surface area (Å²) in [6.07, 6.45) is 7.52. The maximum Gasteiger partial charge on any atom is 0.261 e. The van der Waals surface area contributed by atoms with Gasteiger partial charge in [-0.25, -0.2) is 23.1 Å². The molecule has 1 amide bonds. The predicted octanol–water partition coefficient (Wildman–Crippen LogP) is 5.14. The van der Waals surface area contributed by atoms with Crippen LogP contribution in [-0.2, 0) is 18.3 Å². The number of pyridine rings is 1. The molecule has 5 aromatic rings. The molecule has 0 atom stereocenters. The number of ether oxygens (including phenoxy) is 1. The zero-order chi connectivity index (χ0) is 30.2. The summed E-state index contributed by atoms with van der Waals surface area (Å²) in [4.78, 5) is 35.1. The van der Waals surface area contributed by atoms with Gasteiger partial charge in [0.05, 0.1) is 5.39 Å². The van der Waals surface area contributed by atoms with E-state index in [2.05, 4.69) is 15.3 Å². The Morgan fingerprint density at radius 3 is 2.40 bits per heavy atom. The molecule has 1 fully saturated rings. The van der Waals surface area contributed by atoms with Crippen molar-refractivity contribution in [1.82, 2.24) is 19.1 Å². The highest BCUT2D eigenvalue weighted by atomic mass is 19.1. The fourth-order valence-electron chi connectivity index (χ4n) is 5.44. The Labute approximate surface area is 243 Å². The van der Waals surface area contributed by atoms with E-state index in [-0.39, 0.29) is 28.4 Å². The first-order valence-corrected chi connectivity index (χ1v) is 13.6. The molecule has 12 heteroatoms. The molecule has 220 valence electrons. The summed E-state index contributed by atoms with van der Waals surface area (Å²) in [5.41, 5.74) is 5.98. The standard InChI is InChI=1S/C31H27F3N6O3/c1-39-13-21(26-29(35)36-16-37-30(26)39)19-10-24(33)27(25(34)11-19)38-31(42)23-15-40(12-17-6-8-43-9-7-17)14-22(28(23)41)18-2-4-20(32)5-3-18/h2-5,10-11,13-17H,6-9,12H2,1H3,(H,38,42)(H2,35,36,37). The van der Waals surface area contributed by atoms with Crippen molar-refractivity contribution < 1.29 is 22.7 Å². The zero-order valence-corrected chi connectivity index (χ0v) is 23.1. The van der Waals surface area contributed by atoms with Crippen molar-refractivity contribution in [2.75, 3.05) is 24.3 Å². The summed E-state index contributed by atoms with van der Waals surface area (Å²) < 4.78 is 53.2. The van der Waals surface area contributed by atoms with Crippen LogP contribution in [0.15, 0.2) is 66.1 Å². The maximum absolute atomic E-state index is 15.4. The molecule has 0 unspecified atom stereocenters. The summed E-state index contributed by atoms with van der Waals surface area (Å²) >= 11 is 0. The number of rotatable bonds is 6. The van der Waals surface area contributed by atoms with Gasteiger partial charge in [0, 0.05) is 56.5 Å². The highest BCUT2D eigenvalue weighted by Gasteiger charge is 2.23. The third kappa shape index (κ3) is 5.48. The number of anilines is 2. The monoisotopic (exact) mass is 588 g/mol. The summed E-state index contributed by atoms with van der Waals surface area (Å²) in [6, 6.07) is 7.45. The lowest BCUT2D eigenvalue weighted by Crippen LogP contribution is -2.27. The molecule has 9 nitrogen and oxygen atoms in total. The minimum Gasteiger partial charge on any atom is -0.383 e. The van der Waals surface area contributed by atoms with E-state index in [1.165, 1.54) is 36.8 Å². The van der Waals surface area contributed by atoms with E-state index >= 15 is 8.78 Å². The number of hydrogen-bond acceptors (Lipinski definition) is 6. The van der Waals surface area contributed by atoms with Crippen molar-refractivity contribution in [1.29, 1.82) is 0 Å². The number of carbonyl (C=O) groups is 1. The lowest BCUT2D eigenvalue weighted by molar-refractivity contribution is 0.0612. The number of amides is 1. The highest BCUT2D eigenvalue weighted by Crippen LogP contribution is 2.35. The molecule has 0 aliphatic carbocycles. The van der Waals surface area contributed by atoms with Crippen molar-refractivity contribution in [3.8, 4) is 22.3 Å². The predicted molar refractivity (Wildman–Crippen MR) is 156 cm³/mol. The molecule has 3 N–H and O–H groups in total. The summed E-state index contributed by atoms with van der Waals surface area (Å²) in [6.45, 7) is 1.71. The summed E-state index contributed by atoms with van der Waals surface area (Å²) in [5, 5.41) is 2.68. The second-order valence-electron chi connectivity index (χ2n) is 10.6. The number of fused-ring (bicyclic) bond motifs is 1. The van der Waals surface area contributed by atoms with Gasteiger partial charge in [-0.15, -0.1) is 0 Å². The molecule has 43 heavy (non-hydrogen) atoms. The Morgan fingerprint density at radius 1 is 1.00 bits per heavy atom. The zero-order valence-electron chi connectivity index (χ0n) is 23.1. The third-order valence-corrected chi connectivity index (χ3v) is 7.66. The van der Waals surface area contributed by atoms with Crippen molar-refractivity contribution in [3.05, 3.63) is 94.6 Å². The fourth-order valence-corrected chi connectivity index (χ4v) is 5.44. The minimum absolute atomic E-state index is 0.150. The van der Waals surface area contributed by atoms with Gasteiger partial charge in [0.15, 0.2) is 0 Å². The first kappa shape index (κ1) is 28.2. The van der Waals surface area contributed by atoms with Gasteiger partial charge in [-0.1, -0.05) is 12.1 Å². The van der Waals surface area contributed by atoms with Gasteiger partial charge < -0.3 is 24.9 Å². The number of nitrogens with two attached hydrogens (primary N) is 1. The van der Waals surface area contributed by atoms with E-state index in [0.717, 1.165) is 25.0 Å². The van der Waals surface area contributed by atoms with Crippen LogP contribution in [-0.4, -0.2) is 38.2 Å². The van der Waals surface area contributed by atoms with Gasteiger partial charge in [-0.3, -0.25) is 9.59 Å². The number of benzene rings is 2. The Balaban J connectivity index is 1.36. The van der Waals surface area contributed by atoms with Crippen molar-refractivity contribution >= 4 is 28.4 Å². The van der Waals surface area contributed by atoms with Crippen LogP contribution in [0.3, 0.4) is 0 Å². The van der Waals surface area contributed by atoms with Gasteiger partial charge in [0.1, 0.15) is 46.5 Å². The summed E-state index contributed by atoms with van der Waals surface area (Å²) in [5.74, 6) is -3.17. The molecule has 0 saturated carbocycles. The number of aromatic nitrogens is 4. The van der Waals surface area contributed by atoms with Crippen LogP contribution in [0.4, 0.5) is 24.7 Å². The van der Waals surface area contributed by atoms with Crippen LogP contribution in [0.5, 0.6) is 0 Å². The molecular formula is C31H27F3N6O3. The number of hydrogen-bond donors (Lipinski definition) is 2. The van der Waals surface area contributed by atoms with Crippen molar-refractivity contribution in [3.63, 3.8) is 0 Å². The van der Waals surface area contributed by atoms with Crippen LogP contribution < -0.4 is 16.5 Å². The van der Waals surface area contributed by atoms with E-state index in [1.807, 2.05) is 0 Å². The lowest BCUT2D eigenvalue weighted by Gasteiger charge is -2.23. The fraction of sp³-hybridized carbons (Fsp3) is 0.226. The first-order valence-electron chi connectivity index (χ1n) is 13.6. The number of halogens is 3. The third-order valence-electron chi connectivity index (χ3n) is 7.66. The Morgan fingerprint density at radius 2 is 1.70 bits per heavy atom. The van der Waals surface area contributed by atoms with E-state index < -0.39 is 34.5 Å². The largest absolute Gasteiger partial charge is 0.383 e. The molecule has 0 spiro atoms. The van der Waals surface area contributed by atoms with E-state index in [0.29, 0.717) is 41.9 Å². The van der Waals surface area contributed by atoms with E-state index in [9.17, 15) is 14.0 Å². The number of nitrogens with one attached hydrogen (secondary N) is 1. The minimum atomic E-state index is -1.05. The molecule has 1 aliphatic heterocycles. The van der Waals surface area contributed by atoms with Crippen LogP contribution in [0, 0.1) is 23.4 Å². The second-order valence-corrected chi connectivity index (χ2v) is 10.6. The molecule has 1 aliphatic rings. The van der Waals surface area contributed by atoms with Crippen molar-refractivity contribution in [2.24, 2.45) is 13.0 Å². The molecule has 0 bridgehead atoms. The van der Waals surface area contributed by atoms with Crippen LogP contribution in [0.2, 0.25) is 0 Å². The van der Waals surface area contributed by atoms with E-state index in [1.54, 1.807) is 28.6 Å². The Hall–Kier alpha value is -4.97. The van der Waals surface area contributed by atoms with Crippen LogP contribution in [0.1, 0.15) is 23.2 Å².